The Kier molecular flexibility index (Phi) is 2.86. The maximum atomic E-state index is 11.3. The lowest BCUT2D eigenvalue weighted by molar-refractivity contribution is -0.149. The minimum atomic E-state index is -0.439. The number of rotatable bonds is 3. The van der Waals surface area contributed by atoms with Gasteiger partial charge in [-0.25, -0.2) is 0 Å². The van der Waals surface area contributed by atoms with Gasteiger partial charge in [0.25, 0.3) is 0 Å². The van der Waals surface area contributed by atoms with Crippen LogP contribution in [0.5, 0.6) is 5.75 Å². The average molecular weight is 220 g/mol. The lowest BCUT2D eigenvalue weighted by Gasteiger charge is -2.27. The lowest BCUT2D eigenvalue weighted by Crippen LogP contribution is -2.24. The first-order valence-electron chi connectivity index (χ1n) is 5.56. The topological polar surface area (TPSA) is 35.5 Å². The molecule has 1 aromatic rings. The molecule has 86 valence electrons. The van der Waals surface area contributed by atoms with Gasteiger partial charge in [0.1, 0.15) is 11.4 Å². The molecule has 2 rings (SSSR count). The van der Waals surface area contributed by atoms with Crippen molar-refractivity contribution in [2.45, 2.75) is 31.8 Å². The van der Waals surface area contributed by atoms with Gasteiger partial charge >= 0.3 is 5.97 Å². The molecule has 16 heavy (non-hydrogen) atoms. The van der Waals surface area contributed by atoms with Crippen LogP contribution in [0.4, 0.5) is 0 Å². The number of carbonyl (C=O) groups excluding carboxylic acids is 1. The van der Waals surface area contributed by atoms with Crippen molar-refractivity contribution in [2.24, 2.45) is 0 Å². The first-order chi connectivity index (χ1) is 7.70. The standard InChI is InChI=1S/C13H16O3/c1-3-13(8-7-12(14)16-13)10-5-4-6-11(9-10)15-2/h4-6,9H,3,7-8H2,1-2H3/t13-/m1/s1. The summed E-state index contributed by atoms with van der Waals surface area (Å²) in [5, 5.41) is 0. The van der Waals surface area contributed by atoms with E-state index >= 15 is 0 Å². The third-order valence-corrected chi connectivity index (χ3v) is 3.21. The van der Waals surface area contributed by atoms with Gasteiger partial charge in [-0.15, -0.1) is 0 Å². The molecule has 3 nitrogen and oxygen atoms in total. The molecule has 0 bridgehead atoms. The van der Waals surface area contributed by atoms with Gasteiger partial charge in [-0.05, 0) is 24.1 Å². The zero-order chi connectivity index (χ0) is 11.6. The number of cyclic esters (lactones) is 1. The molecule has 1 atom stereocenters. The van der Waals surface area contributed by atoms with Crippen LogP contribution >= 0.6 is 0 Å². The van der Waals surface area contributed by atoms with Gasteiger partial charge in [0.05, 0.1) is 7.11 Å². The maximum Gasteiger partial charge on any atom is 0.306 e. The van der Waals surface area contributed by atoms with Crippen molar-refractivity contribution in [3.05, 3.63) is 29.8 Å². The van der Waals surface area contributed by atoms with Crippen molar-refractivity contribution in [3.63, 3.8) is 0 Å². The maximum absolute atomic E-state index is 11.3. The Labute approximate surface area is 95.4 Å². The van der Waals surface area contributed by atoms with Gasteiger partial charge in [-0.1, -0.05) is 19.1 Å². The molecule has 1 saturated heterocycles. The molecule has 0 aromatic heterocycles. The summed E-state index contributed by atoms with van der Waals surface area (Å²) < 4.78 is 10.7. The summed E-state index contributed by atoms with van der Waals surface area (Å²) in [4.78, 5) is 11.3. The number of hydrogen-bond donors (Lipinski definition) is 0. The lowest BCUT2D eigenvalue weighted by atomic mass is 9.88. The van der Waals surface area contributed by atoms with E-state index in [9.17, 15) is 4.79 Å². The second kappa shape index (κ2) is 4.16. The van der Waals surface area contributed by atoms with Crippen LogP contribution in [0.25, 0.3) is 0 Å². The summed E-state index contributed by atoms with van der Waals surface area (Å²) in [6, 6.07) is 7.76. The van der Waals surface area contributed by atoms with Gasteiger partial charge in [0.2, 0.25) is 0 Å². The minimum absolute atomic E-state index is 0.107. The number of esters is 1. The van der Waals surface area contributed by atoms with E-state index in [2.05, 4.69) is 0 Å². The van der Waals surface area contributed by atoms with E-state index < -0.39 is 5.60 Å². The van der Waals surface area contributed by atoms with Crippen LogP contribution in [0.2, 0.25) is 0 Å². The molecule has 1 heterocycles. The first kappa shape index (κ1) is 11.0. The second-order valence-corrected chi connectivity index (χ2v) is 4.05. The third-order valence-electron chi connectivity index (χ3n) is 3.21. The van der Waals surface area contributed by atoms with Crippen molar-refractivity contribution in [1.29, 1.82) is 0 Å². The molecule has 1 fully saturated rings. The molecule has 1 aliphatic heterocycles. The molecular weight excluding hydrogens is 204 g/mol. The normalized spacial score (nSPS) is 24.2. The Hall–Kier alpha value is -1.51. The van der Waals surface area contributed by atoms with Gasteiger partial charge in [-0.2, -0.15) is 0 Å². The van der Waals surface area contributed by atoms with Crippen molar-refractivity contribution < 1.29 is 14.3 Å². The van der Waals surface area contributed by atoms with Crippen LogP contribution in [0.15, 0.2) is 24.3 Å². The Morgan fingerprint density at radius 2 is 2.31 bits per heavy atom. The Balaban J connectivity index is 2.36. The highest BCUT2D eigenvalue weighted by atomic mass is 16.6. The molecule has 0 amide bonds. The second-order valence-electron chi connectivity index (χ2n) is 4.05. The fourth-order valence-electron chi connectivity index (χ4n) is 2.19. The van der Waals surface area contributed by atoms with Crippen LogP contribution < -0.4 is 4.74 Å². The Morgan fingerprint density at radius 3 is 2.88 bits per heavy atom. The van der Waals surface area contributed by atoms with Crippen molar-refractivity contribution >= 4 is 5.97 Å². The number of hydrogen-bond acceptors (Lipinski definition) is 3. The largest absolute Gasteiger partial charge is 0.497 e. The van der Waals surface area contributed by atoms with Crippen LogP contribution in [-0.4, -0.2) is 13.1 Å². The van der Waals surface area contributed by atoms with Crippen molar-refractivity contribution in [2.75, 3.05) is 7.11 Å². The quantitative estimate of drug-likeness (QED) is 0.734. The molecule has 3 heteroatoms. The molecule has 0 radical (unpaired) electrons. The van der Waals surface area contributed by atoms with E-state index in [0.717, 1.165) is 24.2 Å². The van der Waals surface area contributed by atoms with E-state index in [1.807, 2.05) is 31.2 Å². The third kappa shape index (κ3) is 1.77. The van der Waals surface area contributed by atoms with Gasteiger partial charge < -0.3 is 9.47 Å². The fraction of sp³-hybridized carbons (Fsp3) is 0.462. The predicted octanol–water partition coefficient (Wildman–Crippen LogP) is 2.64. The Morgan fingerprint density at radius 1 is 1.50 bits per heavy atom. The van der Waals surface area contributed by atoms with E-state index in [4.69, 9.17) is 9.47 Å². The SMILES string of the molecule is CC[C@]1(c2cccc(OC)c2)CCC(=O)O1. The summed E-state index contributed by atoms with van der Waals surface area (Å²) in [5.74, 6) is 0.693. The average Bonchev–Trinajstić information content (AvgIpc) is 2.72. The predicted molar refractivity (Wildman–Crippen MR) is 60.3 cm³/mol. The number of benzene rings is 1. The van der Waals surface area contributed by atoms with Gasteiger partial charge in [0, 0.05) is 12.8 Å². The van der Waals surface area contributed by atoms with Crippen molar-refractivity contribution in [3.8, 4) is 5.75 Å². The van der Waals surface area contributed by atoms with Crippen LogP contribution in [-0.2, 0) is 15.1 Å². The summed E-state index contributed by atoms with van der Waals surface area (Å²) in [7, 11) is 1.64. The smallest absolute Gasteiger partial charge is 0.306 e. The summed E-state index contributed by atoms with van der Waals surface area (Å²) in [6.07, 6.45) is 2.06. The number of methoxy groups -OCH3 is 1. The monoisotopic (exact) mass is 220 g/mol. The van der Waals surface area contributed by atoms with E-state index in [0.29, 0.717) is 6.42 Å². The molecule has 0 unspecified atom stereocenters. The van der Waals surface area contributed by atoms with Crippen LogP contribution in [0, 0.1) is 0 Å². The van der Waals surface area contributed by atoms with Gasteiger partial charge in [-0.3, -0.25) is 4.79 Å². The van der Waals surface area contributed by atoms with Crippen LogP contribution in [0.1, 0.15) is 31.7 Å². The fourth-order valence-corrected chi connectivity index (χ4v) is 2.19. The zero-order valence-electron chi connectivity index (χ0n) is 9.66. The highest BCUT2D eigenvalue weighted by Gasteiger charge is 2.40. The van der Waals surface area contributed by atoms with Crippen LogP contribution in [0.3, 0.4) is 0 Å². The molecule has 0 N–H and O–H groups in total. The molecule has 0 saturated carbocycles. The zero-order valence-corrected chi connectivity index (χ0v) is 9.66. The Bertz CT molecular complexity index is 400. The summed E-state index contributed by atoms with van der Waals surface area (Å²) >= 11 is 0. The van der Waals surface area contributed by atoms with E-state index in [1.165, 1.54) is 0 Å². The number of carbonyl (C=O) groups is 1. The molecule has 0 aliphatic carbocycles. The minimum Gasteiger partial charge on any atom is -0.497 e. The molecule has 1 aliphatic rings. The number of ether oxygens (including phenoxy) is 2. The summed E-state index contributed by atoms with van der Waals surface area (Å²) in [5.41, 5.74) is 0.589. The highest BCUT2D eigenvalue weighted by molar-refractivity contribution is 5.72. The highest BCUT2D eigenvalue weighted by Crippen LogP contribution is 2.40. The van der Waals surface area contributed by atoms with E-state index in [1.54, 1.807) is 7.11 Å². The summed E-state index contributed by atoms with van der Waals surface area (Å²) in [6.45, 7) is 2.04. The molecular formula is C13H16O3. The first-order valence-corrected chi connectivity index (χ1v) is 5.56. The van der Waals surface area contributed by atoms with Gasteiger partial charge in [0.15, 0.2) is 0 Å². The molecule has 0 spiro atoms. The molecule has 1 aromatic carbocycles. The van der Waals surface area contributed by atoms with E-state index in [-0.39, 0.29) is 5.97 Å². The van der Waals surface area contributed by atoms with Crippen molar-refractivity contribution in [1.82, 2.24) is 0 Å².